The van der Waals surface area contributed by atoms with Gasteiger partial charge in [0.15, 0.2) is 5.82 Å². The average molecular weight is 340 g/mol. The maximum atomic E-state index is 9.42. The number of hydrogen-bond donors (Lipinski definition) is 4. The van der Waals surface area contributed by atoms with Crippen LogP contribution in [-0.2, 0) is 0 Å². The lowest BCUT2D eigenvalue weighted by atomic mass is 10.1. The van der Waals surface area contributed by atoms with Crippen LogP contribution in [0, 0.1) is 6.92 Å². The Kier molecular flexibility index (Phi) is 4.73. The van der Waals surface area contributed by atoms with Gasteiger partial charge in [-0.2, -0.15) is 0 Å². The standard InChI is InChI=1S/C17H20N6O2/c1-11-4-3-5-12(6-11)21-15-14-13(19-10-20-15)7-18-16(22-14)23-17(2,8-24)9-25/h3-7,10,24-25H,8-9H2,1-2H3,(H,18,22,23)(H,19,20,21). The highest BCUT2D eigenvalue weighted by atomic mass is 16.3. The number of rotatable bonds is 6. The van der Waals surface area contributed by atoms with Crippen LogP contribution < -0.4 is 10.6 Å². The zero-order chi connectivity index (χ0) is 17.9. The fraction of sp³-hybridized carbons (Fsp3) is 0.294. The number of nitrogens with one attached hydrogen (secondary N) is 2. The van der Waals surface area contributed by atoms with E-state index in [1.807, 2.05) is 31.2 Å². The molecule has 0 saturated carbocycles. The van der Waals surface area contributed by atoms with E-state index in [9.17, 15) is 10.2 Å². The Hall–Kier alpha value is -2.84. The molecule has 0 atom stereocenters. The summed E-state index contributed by atoms with van der Waals surface area (Å²) in [5, 5.41) is 25.0. The van der Waals surface area contributed by atoms with Gasteiger partial charge in [-0.05, 0) is 31.5 Å². The van der Waals surface area contributed by atoms with Crippen LogP contribution in [0.4, 0.5) is 17.5 Å². The zero-order valence-corrected chi connectivity index (χ0v) is 14.1. The molecule has 8 nitrogen and oxygen atoms in total. The van der Waals surface area contributed by atoms with Crippen molar-refractivity contribution in [3.63, 3.8) is 0 Å². The van der Waals surface area contributed by atoms with Crippen molar-refractivity contribution in [2.24, 2.45) is 0 Å². The molecule has 0 saturated heterocycles. The molecule has 2 aromatic heterocycles. The largest absolute Gasteiger partial charge is 0.394 e. The highest BCUT2D eigenvalue weighted by molar-refractivity contribution is 5.87. The van der Waals surface area contributed by atoms with Gasteiger partial charge in [-0.15, -0.1) is 0 Å². The van der Waals surface area contributed by atoms with Gasteiger partial charge in [0.25, 0.3) is 0 Å². The van der Waals surface area contributed by atoms with E-state index in [4.69, 9.17) is 0 Å². The molecule has 0 spiro atoms. The molecule has 3 rings (SSSR count). The van der Waals surface area contributed by atoms with Gasteiger partial charge in [0.05, 0.1) is 24.9 Å². The highest BCUT2D eigenvalue weighted by Crippen LogP contribution is 2.23. The van der Waals surface area contributed by atoms with Crippen molar-refractivity contribution in [2.75, 3.05) is 23.8 Å². The number of aliphatic hydroxyl groups is 2. The fourth-order valence-corrected chi connectivity index (χ4v) is 2.26. The minimum absolute atomic E-state index is 0.259. The van der Waals surface area contributed by atoms with E-state index in [1.54, 1.807) is 13.1 Å². The van der Waals surface area contributed by atoms with Crippen molar-refractivity contribution in [1.29, 1.82) is 0 Å². The van der Waals surface area contributed by atoms with Gasteiger partial charge in [0, 0.05) is 5.69 Å². The normalized spacial score (nSPS) is 11.5. The lowest BCUT2D eigenvalue weighted by Crippen LogP contribution is -2.43. The minimum atomic E-state index is -0.923. The first-order valence-corrected chi connectivity index (χ1v) is 7.84. The Balaban J connectivity index is 1.97. The second kappa shape index (κ2) is 6.96. The van der Waals surface area contributed by atoms with Crippen molar-refractivity contribution < 1.29 is 10.2 Å². The smallest absolute Gasteiger partial charge is 0.224 e. The van der Waals surface area contributed by atoms with Crippen LogP contribution in [-0.4, -0.2) is 48.9 Å². The van der Waals surface area contributed by atoms with Gasteiger partial charge < -0.3 is 20.8 Å². The Labute approximate surface area is 145 Å². The molecule has 0 unspecified atom stereocenters. The van der Waals surface area contributed by atoms with Gasteiger partial charge in [-0.1, -0.05) is 12.1 Å². The topological polar surface area (TPSA) is 116 Å². The predicted molar refractivity (Wildman–Crippen MR) is 95.8 cm³/mol. The Bertz CT molecular complexity index is 882. The molecule has 25 heavy (non-hydrogen) atoms. The second-order valence-corrected chi connectivity index (χ2v) is 6.15. The third-order valence-electron chi connectivity index (χ3n) is 3.77. The summed E-state index contributed by atoms with van der Waals surface area (Å²) in [6.45, 7) is 3.17. The number of aromatic nitrogens is 4. The van der Waals surface area contributed by atoms with Crippen LogP contribution in [0.5, 0.6) is 0 Å². The molecule has 130 valence electrons. The number of anilines is 3. The predicted octanol–water partition coefficient (Wildman–Crippen LogP) is 1.63. The lowest BCUT2D eigenvalue weighted by Gasteiger charge is -2.26. The molecule has 8 heteroatoms. The van der Waals surface area contributed by atoms with Gasteiger partial charge in [-0.25, -0.2) is 19.9 Å². The quantitative estimate of drug-likeness (QED) is 0.535. The van der Waals surface area contributed by atoms with E-state index in [0.717, 1.165) is 11.3 Å². The number of aliphatic hydroxyl groups excluding tert-OH is 2. The summed E-state index contributed by atoms with van der Waals surface area (Å²) in [7, 11) is 0. The van der Waals surface area contributed by atoms with E-state index >= 15 is 0 Å². The third kappa shape index (κ3) is 3.81. The molecule has 0 fully saturated rings. The molecule has 0 aliphatic rings. The molecule has 4 N–H and O–H groups in total. The molecule has 2 heterocycles. The first-order valence-electron chi connectivity index (χ1n) is 7.84. The van der Waals surface area contributed by atoms with Gasteiger partial charge in [0.1, 0.15) is 17.4 Å². The SMILES string of the molecule is Cc1cccc(Nc2ncnc3cnc(NC(C)(CO)CO)nc23)c1. The fourth-order valence-electron chi connectivity index (χ4n) is 2.26. The third-order valence-corrected chi connectivity index (χ3v) is 3.77. The molecule has 0 bridgehead atoms. The molecule has 0 amide bonds. The van der Waals surface area contributed by atoms with E-state index in [-0.39, 0.29) is 19.2 Å². The van der Waals surface area contributed by atoms with Crippen molar-refractivity contribution in [1.82, 2.24) is 19.9 Å². The number of fused-ring (bicyclic) bond motifs is 1. The van der Waals surface area contributed by atoms with Gasteiger partial charge >= 0.3 is 0 Å². The van der Waals surface area contributed by atoms with Crippen molar-refractivity contribution in [3.8, 4) is 0 Å². The molecule has 0 radical (unpaired) electrons. The summed E-state index contributed by atoms with van der Waals surface area (Å²) in [6.07, 6.45) is 3.02. The molecule has 0 aliphatic heterocycles. The summed E-state index contributed by atoms with van der Waals surface area (Å²) < 4.78 is 0. The van der Waals surface area contributed by atoms with Crippen LogP contribution in [0.2, 0.25) is 0 Å². The van der Waals surface area contributed by atoms with E-state index in [0.29, 0.717) is 16.9 Å². The van der Waals surface area contributed by atoms with Crippen molar-refractivity contribution in [3.05, 3.63) is 42.4 Å². The second-order valence-electron chi connectivity index (χ2n) is 6.15. The number of nitrogens with zero attached hydrogens (tertiary/aromatic N) is 4. The summed E-state index contributed by atoms with van der Waals surface area (Å²) in [4.78, 5) is 17.1. The Morgan fingerprint density at radius 3 is 2.64 bits per heavy atom. The number of benzene rings is 1. The van der Waals surface area contributed by atoms with Crippen LogP contribution in [0.1, 0.15) is 12.5 Å². The monoisotopic (exact) mass is 340 g/mol. The first-order chi connectivity index (χ1) is 12.0. The molecular formula is C17H20N6O2. The van der Waals surface area contributed by atoms with Crippen LogP contribution in [0.15, 0.2) is 36.8 Å². The highest BCUT2D eigenvalue weighted by Gasteiger charge is 2.23. The van der Waals surface area contributed by atoms with Crippen molar-refractivity contribution in [2.45, 2.75) is 19.4 Å². The van der Waals surface area contributed by atoms with Gasteiger partial charge in [-0.3, -0.25) is 0 Å². The lowest BCUT2D eigenvalue weighted by molar-refractivity contribution is 0.147. The minimum Gasteiger partial charge on any atom is -0.394 e. The van der Waals surface area contributed by atoms with Gasteiger partial charge in [0.2, 0.25) is 5.95 Å². The summed E-state index contributed by atoms with van der Waals surface area (Å²) in [5.74, 6) is 0.830. The Morgan fingerprint density at radius 1 is 1.12 bits per heavy atom. The summed E-state index contributed by atoms with van der Waals surface area (Å²) in [6, 6.07) is 7.91. The Morgan fingerprint density at radius 2 is 1.92 bits per heavy atom. The maximum absolute atomic E-state index is 9.42. The molecule has 1 aromatic carbocycles. The maximum Gasteiger partial charge on any atom is 0.224 e. The molecule has 0 aliphatic carbocycles. The number of hydrogen-bond acceptors (Lipinski definition) is 8. The molecule has 3 aromatic rings. The van der Waals surface area contributed by atoms with Crippen LogP contribution >= 0.6 is 0 Å². The van der Waals surface area contributed by atoms with E-state index in [2.05, 4.69) is 30.6 Å². The summed E-state index contributed by atoms with van der Waals surface area (Å²) >= 11 is 0. The van der Waals surface area contributed by atoms with Crippen molar-refractivity contribution >= 4 is 28.5 Å². The average Bonchev–Trinajstić information content (AvgIpc) is 2.62. The number of aryl methyl sites for hydroxylation is 1. The van der Waals surface area contributed by atoms with E-state index in [1.165, 1.54) is 6.33 Å². The zero-order valence-electron chi connectivity index (χ0n) is 14.1. The van der Waals surface area contributed by atoms with Crippen LogP contribution in [0.3, 0.4) is 0 Å². The van der Waals surface area contributed by atoms with Crippen LogP contribution in [0.25, 0.3) is 11.0 Å². The first kappa shape index (κ1) is 17.0. The summed E-state index contributed by atoms with van der Waals surface area (Å²) in [5.41, 5.74) is 2.23. The van der Waals surface area contributed by atoms with E-state index < -0.39 is 5.54 Å². The molecular weight excluding hydrogens is 320 g/mol.